The van der Waals surface area contributed by atoms with Crippen LogP contribution < -0.4 is 14.8 Å². The molecule has 0 aliphatic rings. The van der Waals surface area contributed by atoms with E-state index in [1.807, 2.05) is 63.2 Å². The molecule has 0 bridgehead atoms. The molecule has 0 unspecified atom stereocenters. The van der Waals surface area contributed by atoms with Crippen LogP contribution in [-0.2, 0) is 20.8 Å². The van der Waals surface area contributed by atoms with E-state index in [1.54, 1.807) is 13.3 Å². The molecule has 2 aromatic carbocycles. The van der Waals surface area contributed by atoms with Crippen LogP contribution in [0.25, 0.3) is 22.2 Å². The van der Waals surface area contributed by atoms with E-state index in [0.29, 0.717) is 31.1 Å². The summed E-state index contributed by atoms with van der Waals surface area (Å²) in [7, 11) is 1.64. The number of aromatic nitrogens is 3. The maximum atomic E-state index is 13.4. The molecule has 4 aromatic rings. The molecular formula is C34H41F3N4O6. The van der Waals surface area contributed by atoms with Crippen LogP contribution in [0, 0.1) is 6.92 Å². The van der Waals surface area contributed by atoms with Crippen molar-refractivity contribution in [3.63, 3.8) is 0 Å². The standard InChI is InChI=1S/C32H40N4O4.C2HF3O2/c1-5-23(37)12-8-7-9-14-29(32-33-20-30(36-32)22-11-10-13-25(17-22)40-6-2)35-31(38)19-26-21(3)34-28-16-15-24(39-4)18-27(26)28;3-2(4,5)1(6)7/h10-11,13,15-18,20,29,34H,5-9,12,14,19H2,1-4H3,(H,33,36)(H,35,38);(H,6,7)/t29-;/m0./s1. The van der Waals surface area contributed by atoms with Crippen LogP contribution in [0.15, 0.2) is 48.7 Å². The topological polar surface area (TPSA) is 146 Å². The highest BCUT2D eigenvalue weighted by atomic mass is 19.4. The van der Waals surface area contributed by atoms with Crippen LogP contribution in [0.1, 0.15) is 75.5 Å². The number of hydrogen-bond acceptors (Lipinski definition) is 6. The highest BCUT2D eigenvalue weighted by Crippen LogP contribution is 2.28. The van der Waals surface area contributed by atoms with Crippen molar-refractivity contribution in [3.05, 3.63) is 65.7 Å². The van der Waals surface area contributed by atoms with E-state index in [-0.39, 0.29) is 18.4 Å². The van der Waals surface area contributed by atoms with Crippen LogP contribution >= 0.6 is 0 Å². The molecule has 0 aliphatic heterocycles. The number of ketones is 1. The Balaban J connectivity index is 0.000000771. The van der Waals surface area contributed by atoms with Gasteiger partial charge in [0.25, 0.3) is 0 Å². The maximum absolute atomic E-state index is 13.4. The number of H-pyrrole nitrogens is 2. The Bertz CT molecular complexity index is 1650. The number of carboxylic acids is 1. The zero-order valence-electron chi connectivity index (χ0n) is 26.9. The fourth-order valence-electron chi connectivity index (χ4n) is 5.00. The minimum Gasteiger partial charge on any atom is -0.497 e. The maximum Gasteiger partial charge on any atom is 0.490 e. The first-order valence-electron chi connectivity index (χ1n) is 15.4. The van der Waals surface area contributed by atoms with Gasteiger partial charge in [0.15, 0.2) is 0 Å². The van der Waals surface area contributed by atoms with Gasteiger partial charge in [-0.3, -0.25) is 9.59 Å². The number of hydrogen-bond donors (Lipinski definition) is 4. The molecule has 2 aromatic heterocycles. The lowest BCUT2D eigenvalue weighted by atomic mass is 10.0. The Morgan fingerprint density at radius 2 is 1.77 bits per heavy atom. The van der Waals surface area contributed by atoms with Crippen molar-refractivity contribution in [2.75, 3.05) is 13.7 Å². The van der Waals surface area contributed by atoms with Gasteiger partial charge in [-0.1, -0.05) is 31.9 Å². The molecule has 1 atom stereocenters. The molecule has 0 saturated heterocycles. The monoisotopic (exact) mass is 658 g/mol. The number of halogens is 3. The number of fused-ring (bicyclic) bond motifs is 1. The van der Waals surface area contributed by atoms with Crippen molar-refractivity contribution in [1.82, 2.24) is 20.3 Å². The zero-order valence-corrected chi connectivity index (χ0v) is 26.9. The summed E-state index contributed by atoms with van der Waals surface area (Å²) in [6, 6.07) is 13.4. The number of methoxy groups -OCH3 is 1. The van der Waals surface area contributed by atoms with Gasteiger partial charge in [-0.2, -0.15) is 13.2 Å². The molecule has 0 radical (unpaired) electrons. The second kappa shape index (κ2) is 17.2. The van der Waals surface area contributed by atoms with Gasteiger partial charge in [-0.25, -0.2) is 9.78 Å². The van der Waals surface area contributed by atoms with Gasteiger partial charge in [-0.05, 0) is 62.6 Å². The molecular weight excluding hydrogens is 617 g/mol. The predicted octanol–water partition coefficient (Wildman–Crippen LogP) is 7.24. The Morgan fingerprint density at radius 1 is 1.02 bits per heavy atom. The molecule has 0 spiro atoms. The van der Waals surface area contributed by atoms with Gasteiger partial charge in [-0.15, -0.1) is 0 Å². The molecule has 1 amide bonds. The lowest BCUT2D eigenvalue weighted by molar-refractivity contribution is -0.192. The number of carbonyl (C=O) groups excluding carboxylic acids is 2. The summed E-state index contributed by atoms with van der Waals surface area (Å²) in [6.45, 7) is 6.44. The summed E-state index contributed by atoms with van der Waals surface area (Å²) in [6.07, 6.45) is 1.52. The predicted molar refractivity (Wildman–Crippen MR) is 171 cm³/mol. The molecule has 0 fully saturated rings. The minimum absolute atomic E-state index is 0.0747. The van der Waals surface area contributed by atoms with Crippen molar-refractivity contribution < 1.29 is 42.1 Å². The lowest BCUT2D eigenvalue weighted by Crippen LogP contribution is -2.30. The fourth-order valence-corrected chi connectivity index (χ4v) is 5.00. The molecule has 4 rings (SSSR count). The third-order valence-corrected chi connectivity index (χ3v) is 7.47. The first-order chi connectivity index (χ1) is 22.4. The molecule has 0 saturated carbocycles. The molecule has 254 valence electrons. The quantitative estimate of drug-likeness (QED) is 0.0985. The van der Waals surface area contributed by atoms with E-state index in [4.69, 9.17) is 19.4 Å². The number of nitrogens with zero attached hydrogens (tertiary/aromatic N) is 1. The van der Waals surface area contributed by atoms with Crippen molar-refractivity contribution in [3.8, 4) is 22.8 Å². The number of alkyl halides is 3. The molecule has 47 heavy (non-hydrogen) atoms. The van der Waals surface area contributed by atoms with Gasteiger partial charge < -0.3 is 29.9 Å². The van der Waals surface area contributed by atoms with Gasteiger partial charge in [0.1, 0.15) is 23.1 Å². The number of imidazole rings is 1. The number of rotatable bonds is 15. The molecule has 0 aliphatic carbocycles. The number of nitrogens with one attached hydrogen (secondary N) is 3. The number of Topliss-reactive ketones (excluding diaryl/α,β-unsaturated/α-hetero) is 1. The van der Waals surface area contributed by atoms with Crippen molar-refractivity contribution in [2.24, 2.45) is 0 Å². The highest BCUT2D eigenvalue weighted by molar-refractivity contribution is 5.91. The summed E-state index contributed by atoms with van der Waals surface area (Å²) in [4.78, 5) is 45.5. The Labute approximate surface area is 271 Å². The molecule has 10 nitrogen and oxygen atoms in total. The zero-order chi connectivity index (χ0) is 34.6. The van der Waals surface area contributed by atoms with Crippen LogP contribution in [0.4, 0.5) is 13.2 Å². The van der Waals surface area contributed by atoms with Gasteiger partial charge in [0.2, 0.25) is 5.91 Å². The summed E-state index contributed by atoms with van der Waals surface area (Å²) in [5.74, 6) is -0.271. The summed E-state index contributed by atoms with van der Waals surface area (Å²) in [5, 5.41) is 11.3. The highest BCUT2D eigenvalue weighted by Gasteiger charge is 2.38. The van der Waals surface area contributed by atoms with E-state index in [9.17, 15) is 22.8 Å². The van der Waals surface area contributed by atoms with E-state index in [1.165, 1.54) is 0 Å². The average molecular weight is 659 g/mol. The Hall–Kier alpha value is -4.81. The number of ether oxygens (including phenoxy) is 2. The van der Waals surface area contributed by atoms with Gasteiger partial charge in [0.05, 0.1) is 38.1 Å². The van der Waals surface area contributed by atoms with Crippen molar-refractivity contribution in [1.29, 1.82) is 0 Å². The number of aryl methyl sites for hydroxylation is 1. The van der Waals surface area contributed by atoms with Crippen molar-refractivity contribution >= 4 is 28.6 Å². The number of amides is 1. The average Bonchev–Trinajstić information content (AvgIpc) is 3.65. The Kier molecular flexibility index (Phi) is 13.4. The molecule has 13 heteroatoms. The number of carbonyl (C=O) groups is 3. The summed E-state index contributed by atoms with van der Waals surface area (Å²) >= 11 is 0. The molecule has 4 N–H and O–H groups in total. The number of carboxylic acid groups (broad SMARTS) is 1. The van der Waals surface area contributed by atoms with Crippen molar-refractivity contribution in [2.45, 2.75) is 77.9 Å². The first-order valence-corrected chi connectivity index (χ1v) is 15.4. The van der Waals surface area contributed by atoms with E-state index >= 15 is 0 Å². The summed E-state index contributed by atoms with van der Waals surface area (Å²) in [5.41, 5.74) is 4.73. The fraction of sp³-hybridized carbons (Fsp3) is 0.412. The minimum atomic E-state index is -5.08. The van der Waals surface area contributed by atoms with Gasteiger partial charge in [0, 0.05) is 35.0 Å². The number of aliphatic carboxylic acids is 1. The smallest absolute Gasteiger partial charge is 0.490 e. The lowest BCUT2D eigenvalue weighted by Gasteiger charge is -2.17. The van der Waals surface area contributed by atoms with Crippen LogP contribution in [0.5, 0.6) is 11.5 Å². The van der Waals surface area contributed by atoms with Crippen LogP contribution in [0.2, 0.25) is 0 Å². The largest absolute Gasteiger partial charge is 0.497 e. The third-order valence-electron chi connectivity index (χ3n) is 7.47. The first kappa shape index (κ1) is 36.7. The van der Waals surface area contributed by atoms with Gasteiger partial charge >= 0.3 is 12.1 Å². The van der Waals surface area contributed by atoms with E-state index in [2.05, 4.69) is 20.3 Å². The normalized spacial score (nSPS) is 11.8. The van der Waals surface area contributed by atoms with E-state index < -0.39 is 12.1 Å². The van der Waals surface area contributed by atoms with Crippen LogP contribution in [-0.4, -0.2) is 57.6 Å². The molecule has 2 heterocycles. The second-order valence-corrected chi connectivity index (χ2v) is 10.9. The summed E-state index contributed by atoms with van der Waals surface area (Å²) < 4.78 is 42.8. The second-order valence-electron chi connectivity index (χ2n) is 10.9. The SMILES string of the molecule is CCOc1cccc(-c2cnc([C@H](CCCCCC(=O)CC)NC(=O)Cc3c(C)[nH]c4ccc(OC)cc34)[nH]2)c1.O=C(O)C(F)(F)F. The third kappa shape index (κ3) is 10.9. The number of unbranched alkanes of at least 4 members (excludes halogenated alkanes) is 2. The number of aromatic amines is 2. The van der Waals surface area contributed by atoms with Crippen LogP contribution in [0.3, 0.4) is 0 Å². The number of benzene rings is 2. The van der Waals surface area contributed by atoms with E-state index in [0.717, 1.165) is 70.6 Å². The Morgan fingerprint density at radius 3 is 2.43 bits per heavy atom.